The normalized spacial score (nSPS) is 21.2. The van der Waals surface area contributed by atoms with Crippen molar-refractivity contribution >= 4 is 17.3 Å². The van der Waals surface area contributed by atoms with Gasteiger partial charge in [-0.2, -0.15) is 0 Å². The molecule has 2 rings (SSSR count). The molecule has 1 unspecified atom stereocenters. The number of nitro benzene ring substituents is 1. The Morgan fingerprint density at radius 1 is 1.62 bits per heavy atom. The maximum Gasteiger partial charge on any atom is 0.335 e. The molecule has 0 bridgehead atoms. The van der Waals surface area contributed by atoms with E-state index in [1.165, 1.54) is 12.1 Å². The highest BCUT2D eigenvalue weighted by molar-refractivity contribution is 5.89. The molecule has 0 aliphatic carbocycles. The van der Waals surface area contributed by atoms with Gasteiger partial charge in [-0.3, -0.25) is 10.1 Å². The number of aromatic carboxylic acids is 1. The third kappa shape index (κ3) is 3.29. The first-order chi connectivity index (χ1) is 9.97. The highest BCUT2D eigenvalue weighted by Crippen LogP contribution is 2.28. The van der Waals surface area contributed by atoms with Crippen molar-refractivity contribution in [3.8, 4) is 0 Å². The van der Waals surface area contributed by atoms with Crippen LogP contribution < -0.4 is 5.32 Å². The van der Waals surface area contributed by atoms with Gasteiger partial charge in [0.25, 0.3) is 5.69 Å². The summed E-state index contributed by atoms with van der Waals surface area (Å²) >= 11 is 0. The fourth-order valence-electron chi connectivity index (χ4n) is 2.18. The molecule has 1 atom stereocenters. The van der Waals surface area contributed by atoms with Crippen molar-refractivity contribution < 1.29 is 24.3 Å². The first-order valence-corrected chi connectivity index (χ1v) is 6.36. The molecule has 0 spiro atoms. The number of hydrogen-bond acceptors (Lipinski definition) is 6. The molecular weight excluding hydrogens is 280 g/mol. The molecule has 2 N–H and O–H groups in total. The number of nitrogens with one attached hydrogen (secondary N) is 1. The Hall–Kier alpha value is -2.19. The molecule has 0 radical (unpaired) electrons. The Morgan fingerprint density at radius 3 is 2.90 bits per heavy atom. The fourth-order valence-corrected chi connectivity index (χ4v) is 2.18. The van der Waals surface area contributed by atoms with E-state index in [2.05, 4.69) is 5.32 Å². The summed E-state index contributed by atoms with van der Waals surface area (Å²) in [4.78, 5) is 21.3. The number of anilines is 1. The van der Waals surface area contributed by atoms with Crippen molar-refractivity contribution in [1.82, 2.24) is 0 Å². The second-order valence-corrected chi connectivity index (χ2v) is 4.84. The number of carboxylic acids is 1. The molecule has 1 aliphatic heterocycles. The van der Waals surface area contributed by atoms with Crippen molar-refractivity contribution in [2.45, 2.75) is 12.0 Å². The predicted octanol–water partition coefficient (Wildman–Crippen LogP) is 1.51. The highest BCUT2D eigenvalue weighted by atomic mass is 16.6. The van der Waals surface area contributed by atoms with E-state index in [4.69, 9.17) is 14.6 Å². The topological polar surface area (TPSA) is 111 Å². The van der Waals surface area contributed by atoms with Crippen LogP contribution in [0.2, 0.25) is 0 Å². The lowest BCUT2D eigenvalue weighted by Crippen LogP contribution is -2.39. The van der Waals surface area contributed by atoms with Crippen molar-refractivity contribution in [2.75, 3.05) is 32.2 Å². The first kappa shape index (κ1) is 15.2. The molecule has 1 aromatic rings. The van der Waals surface area contributed by atoms with Crippen LogP contribution in [0.4, 0.5) is 11.4 Å². The molecule has 0 saturated carbocycles. The molecule has 1 heterocycles. The Bertz CT molecular complexity index is 554. The number of carboxylic acid groups (broad SMARTS) is 1. The quantitative estimate of drug-likeness (QED) is 0.604. The van der Waals surface area contributed by atoms with E-state index in [1.54, 1.807) is 7.11 Å². The van der Waals surface area contributed by atoms with Crippen LogP contribution in [0.25, 0.3) is 0 Å². The summed E-state index contributed by atoms with van der Waals surface area (Å²) in [5, 5.41) is 22.9. The number of methoxy groups -OCH3 is 1. The standard InChI is InChI=1S/C13H16N2O6/c1-20-13(4-5-21-8-13)7-14-10-3-2-9(12(16)17)6-11(10)15(18)19/h2-3,6,14H,4-5,7-8H2,1H3,(H,16,17). The smallest absolute Gasteiger partial charge is 0.335 e. The summed E-state index contributed by atoms with van der Waals surface area (Å²) in [5.74, 6) is -1.21. The second kappa shape index (κ2) is 6.06. The van der Waals surface area contributed by atoms with Crippen LogP contribution in [0.3, 0.4) is 0 Å². The van der Waals surface area contributed by atoms with Crippen LogP contribution in [0, 0.1) is 10.1 Å². The van der Waals surface area contributed by atoms with Gasteiger partial charge in [-0.05, 0) is 12.1 Å². The van der Waals surface area contributed by atoms with Crippen molar-refractivity contribution in [2.24, 2.45) is 0 Å². The van der Waals surface area contributed by atoms with Gasteiger partial charge in [0.2, 0.25) is 0 Å². The first-order valence-electron chi connectivity index (χ1n) is 6.36. The molecule has 1 aromatic carbocycles. The molecule has 1 saturated heterocycles. The van der Waals surface area contributed by atoms with E-state index >= 15 is 0 Å². The van der Waals surface area contributed by atoms with Gasteiger partial charge in [-0.25, -0.2) is 4.79 Å². The lowest BCUT2D eigenvalue weighted by Gasteiger charge is -2.26. The highest BCUT2D eigenvalue weighted by Gasteiger charge is 2.35. The Morgan fingerprint density at radius 2 is 2.38 bits per heavy atom. The van der Waals surface area contributed by atoms with E-state index in [0.717, 1.165) is 6.07 Å². The SMILES string of the molecule is COC1(CNc2ccc(C(=O)O)cc2[N+](=O)[O-])CCOC1. The number of carbonyl (C=O) groups is 1. The largest absolute Gasteiger partial charge is 0.478 e. The van der Waals surface area contributed by atoms with Gasteiger partial charge in [0.05, 0.1) is 17.1 Å². The van der Waals surface area contributed by atoms with Gasteiger partial charge < -0.3 is 19.9 Å². The van der Waals surface area contributed by atoms with Crippen LogP contribution in [-0.4, -0.2) is 48.5 Å². The lowest BCUT2D eigenvalue weighted by atomic mass is 10.0. The van der Waals surface area contributed by atoms with Gasteiger partial charge in [0, 0.05) is 32.7 Å². The maximum absolute atomic E-state index is 11.1. The number of nitrogens with zero attached hydrogens (tertiary/aromatic N) is 1. The minimum Gasteiger partial charge on any atom is -0.478 e. The lowest BCUT2D eigenvalue weighted by molar-refractivity contribution is -0.384. The van der Waals surface area contributed by atoms with E-state index in [-0.39, 0.29) is 16.9 Å². The summed E-state index contributed by atoms with van der Waals surface area (Å²) in [5.41, 5.74) is -0.661. The van der Waals surface area contributed by atoms with Gasteiger partial charge in [-0.1, -0.05) is 0 Å². The molecular formula is C13H16N2O6. The molecule has 0 amide bonds. The van der Waals surface area contributed by atoms with Crippen LogP contribution in [-0.2, 0) is 9.47 Å². The zero-order valence-corrected chi connectivity index (χ0v) is 11.5. The number of rotatable bonds is 6. The Kier molecular flexibility index (Phi) is 4.39. The number of ether oxygens (including phenoxy) is 2. The van der Waals surface area contributed by atoms with Gasteiger partial charge in [0.1, 0.15) is 11.3 Å². The predicted molar refractivity (Wildman–Crippen MR) is 73.7 cm³/mol. The van der Waals surface area contributed by atoms with Crippen molar-refractivity contribution in [3.63, 3.8) is 0 Å². The summed E-state index contributed by atoms with van der Waals surface area (Å²) in [6.07, 6.45) is 0.692. The average Bonchev–Trinajstić information content (AvgIpc) is 2.94. The van der Waals surface area contributed by atoms with E-state index in [9.17, 15) is 14.9 Å². The third-order valence-electron chi connectivity index (χ3n) is 3.54. The second-order valence-electron chi connectivity index (χ2n) is 4.84. The van der Waals surface area contributed by atoms with Gasteiger partial charge in [-0.15, -0.1) is 0 Å². The number of nitro groups is 1. The molecule has 1 fully saturated rings. The van der Waals surface area contributed by atoms with Crippen LogP contribution in [0.5, 0.6) is 0 Å². The summed E-state index contributed by atoms with van der Waals surface area (Å²) in [6, 6.07) is 3.75. The zero-order chi connectivity index (χ0) is 15.5. The van der Waals surface area contributed by atoms with Crippen LogP contribution >= 0.6 is 0 Å². The minimum atomic E-state index is -1.21. The number of hydrogen-bond donors (Lipinski definition) is 2. The minimum absolute atomic E-state index is 0.127. The van der Waals surface area contributed by atoms with Crippen molar-refractivity contribution in [1.29, 1.82) is 0 Å². The third-order valence-corrected chi connectivity index (χ3v) is 3.54. The molecule has 114 valence electrons. The van der Waals surface area contributed by atoms with E-state index in [1.807, 2.05) is 0 Å². The summed E-state index contributed by atoms with van der Waals surface area (Å²) < 4.78 is 10.7. The van der Waals surface area contributed by atoms with Crippen LogP contribution in [0.15, 0.2) is 18.2 Å². The van der Waals surface area contributed by atoms with Gasteiger partial charge >= 0.3 is 5.97 Å². The van der Waals surface area contributed by atoms with Gasteiger partial charge in [0.15, 0.2) is 0 Å². The fraction of sp³-hybridized carbons (Fsp3) is 0.462. The van der Waals surface area contributed by atoms with Crippen LogP contribution in [0.1, 0.15) is 16.8 Å². The summed E-state index contributed by atoms with van der Waals surface area (Å²) in [6.45, 7) is 1.34. The van der Waals surface area contributed by atoms with Crippen molar-refractivity contribution in [3.05, 3.63) is 33.9 Å². The Balaban J connectivity index is 2.19. The molecule has 21 heavy (non-hydrogen) atoms. The number of benzene rings is 1. The maximum atomic E-state index is 11.1. The molecule has 8 heteroatoms. The average molecular weight is 296 g/mol. The van der Waals surface area contributed by atoms with E-state index in [0.29, 0.717) is 26.2 Å². The zero-order valence-electron chi connectivity index (χ0n) is 11.5. The molecule has 1 aliphatic rings. The molecule has 8 nitrogen and oxygen atoms in total. The molecule has 0 aromatic heterocycles. The summed E-state index contributed by atoms with van der Waals surface area (Å²) in [7, 11) is 1.57. The monoisotopic (exact) mass is 296 g/mol. The van der Waals surface area contributed by atoms with E-state index < -0.39 is 16.5 Å². The Labute approximate surface area is 120 Å².